The molecule has 40 heavy (non-hydrogen) atoms. The van der Waals surface area contributed by atoms with Crippen LogP contribution in [0.2, 0.25) is 0 Å². The maximum Gasteiger partial charge on any atom is 0.311 e. The Morgan fingerprint density at radius 1 is 0.975 bits per heavy atom. The van der Waals surface area contributed by atoms with Crippen LogP contribution in [-0.2, 0) is 16.0 Å². The van der Waals surface area contributed by atoms with Gasteiger partial charge in [-0.2, -0.15) is 0 Å². The van der Waals surface area contributed by atoms with Crippen molar-refractivity contribution in [3.63, 3.8) is 0 Å². The van der Waals surface area contributed by atoms with Gasteiger partial charge in [0.25, 0.3) is 5.91 Å². The first-order chi connectivity index (χ1) is 19.4. The summed E-state index contributed by atoms with van der Waals surface area (Å²) in [4.78, 5) is 38.6. The first-order valence-corrected chi connectivity index (χ1v) is 13.4. The van der Waals surface area contributed by atoms with Crippen LogP contribution in [0.5, 0.6) is 5.75 Å². The van der Waals surface area contributed by atoms with E-state index in [9.17, 15) is 9.59 Å². The number of carbonyl (C=O) groups excluding carboxylic acids is 2. The summed E-state index contributed by atoms with van der Waals surface area (Å²) in [7, 11) is 3.73. The SMILES string of the molecule is CCC(=O)Oc1c(N(C)C)nc(Cc2ccc(NC(=O)c3ccc4ccccc4c3)cc2)nc1N1CCOCC1. The molecule has 0 atom stereocenters. The van der Waals surface area contributed by atoms with Crippen molar-refractivity contribution in [3.05, 3.63) is 83.7 Å². The van der Waals surface area contributed by atoms with Crippen molar-refractivity contribution in [2.75, 3.05) is 55.5 Å². The molecule has 0 bridgehead atoms. The molecule has 1 aliphatic rings. The molecular formula is C31H33N5O4. The minimum Gasteiger partial charge on any atom is -0.419 e. The van der Waals surface area contributed by atoms with Crippen LogP contribution in [-0.4, -0.2) is 62.2 Å². The molecule has 3 aromatic carbocycles. The van der Waals surface area contributed by atoms with Crippen LogP contribution >= 0.6 is 0 Å². The molecule has 206 valence electrons. The molecule has 1 N–H and O–H groups in total. The van der Waals surface area contributed by atoms with Gasteiger partial charge in [-0.25, -0.2) is 9.97 Å². The Morgan fingerprint density at radius 3 is 2.40 bits per heavy atom. The van der Waals surface area contributed by atoms with Gasteiger partial charge in [0, 0.05) is 51.3 Å². The second-order valence-corrected chi connectivity index (χ2v) is 9.83. The first-order valence-electron chi connectivity index (χ1n) is 13.4. The highest BCUT2D eigenvalue weighted by molar-refractivity contribution is 6.06. The van der Waals surface area contributed by atoms with Gasteiger partial charge >= 0.3 is 5.97 Å². The predicted molar refractivity (Wildman–Crippen MR) is 156 cm³/mol. The van der Waals surface area contributed by atoms with Crippen molar-refractivity contribution >= 4 is 40.0 Å². The molecular weight excluding hydrogens is 506 g/mol. The minimum absolute atomic E-state index is 0.162. The molecule has 5 rings (SSSR count). The summed E-state index contributed by atoms with van der Waals surface area (Å²) in [5.74, 6) is 1.62. The smallest absolute Gasteiger partial charge is 0.311 e. The summed E-state index contributed by atoms with van der Waals surface area (Å²) >= 11 is 0. The molecule has 2 heterocycles. The van der Waals surface area contributed by atoms with E-state index in [2.05, 4.69) is 10.2 Å². The maximum absolute atomic E-state index is 12.9. The number of nitrogens with zero attached hydrogens (tertiary/aromatic N) is 4. The third-order valence-electron chi connectivity index (χ3n) is 6.70. The quantitative estimate of drug-likeness (QED) is 0.322. The zero-order valence-corrected chi connectivity index (χ0v) is 23.0. The molecule has 0 spiro atoms. The Labute approximate surface area is 233 Å². The maximum atomic E-state index is 12.9. The van der Waals surface area contributed by atoms with Crippen LogP contribution < -0.4 is 19.9 Å². The number of hydrogen-bond donors (Lipinski definition) is 1. The molecule has 1 aromatic heterocycles. The highest BCUT2D eigenvalue weighted by atomic mass is 16.5. The van der Waals surface area contributed by atoms with Crippen molar-refractivity contribution in [2.45, 2.75) is 19.8 Å². The summed E-state index contributed by atoms with van der Waals surface area (Å²) in [6, 6.07) is 21.3. The van der Waals surface area contributed by atoms with Gasteiger partial charge in [-0.05, 0) is 40.6 Å². The number of carbonyl (C=O) groups is 2. The van der Waals surface area contributed by atoms with Gasteiger partial charge < -0.3 is 24.6 Å². The van der Waals surface area contributed by atoms with E-state index in [1.165, 1.54) is 0 Å². The number of hydrogen-bond acceptors (Lipinski definition) is 8. The number of esters is 1. The van der Waals surface area contributed by atoms with E-state index >= 15 is 0 Å². The van der Waals surface area contributed by atoms with E-state index in [1.54, 1.807) is 6.92 Å². The van der Waals surface area contributed by atoms with Gasteiger partial charge in [0.15, 0.2) is 11.6 Å². The third kappa shape index (κ3) is 6.21. The number of anilines is 3. The van der Waals surface area contributed by atoms with Crippen LogP contribution in [0.1, 0.15) is 35.1 Å². The fourth-order valence-electron chi connectivity index (χ4n) is 4.54. The lowest BCUT2D eigenvalue weighted by atomic mass is 10.1. The summed E-state index contributed by atoms with van der Waals surface area (Å²) in [6.07, 6.45) is 0.722. The van der Waals surface area contributed by atoms with Crippen molar-refractivity contribution < 1.29 is 19.1 Å². The molecule has 0 saturated carbocycles. The van der Waals surface area contributed by atoms with E-state index in [4.69, 9.17) is 19.4 Å². The van der Waals surface area contributed by atoms with E-state index in [0.29, 0.717) is 67.2 Å². The standard InChI is InChI=1S/C31H33N5O4/c1-4-27(37)40-28-29(35(2)3)33-26(34-30(28)36-15-17-39-18-16-36)19-21-9-13-25(14-10-21)32-31(38)24-12-11-22-7-5-6-8-23(22)20-24/h5-14,20H,4,15-19H2,1-3H3,(H,32,38). The van der Waals surface area contributed by atoms with Crippen molar-refractivity contribution in [1.82, 2.24) is 9.97 Å². The van der Waals surface area contributed by atoms with Crippen LogP contribution in [0, 0.1) is 0 Å². The Bertz CT molecular complexity index is 1510. The largest absolute Gasteiger partial charge is 0.419 e. The average molecular weight is 540 g/mol. The summed E-state index contributed by atoms with van der Waals surface area (Å²) < 4.78 is 11.2. The van der Waals surface area contributed by atoms with Crippen molar-refractivity contribution in [3.8, 4) is 5.75 Å². The highest BCUT2D eigenvalue weighted by Crippen LogP contribution is 2.36. The number of morpholine rings is 1. The first kappa shape index (κ1) is 27.1. The van der Waals surface area contributed by atoms with Gasteiger partial charge in [-0.15, -0.1) is 0 Å². The van der Waals surface area contributed by atoms with Gasteiger partial charge in [-0.1, -0.05) is 49.4 Å². The topological polar surface area (TPSA) is 96.9 Å². The lowest BCUT2D eigenvalue weighted by Gasteiger charge is -2.30. The fraction of sp³-hybridized carbons (Fsp3) is 0.290. The third-order valence-corrected chi connectivity index (χ3v) is 6.70. The van der Waals surface area contributed by atoms with Crippen LogP contribution in [0.15, 0.2) is 66.7 Å². The molecule has 1 aliphatic heterocycles. The Morgan fingerprint density at radius 2 is 1.70 bits per heavy atom. The second kappa shape index (κ2) is 12.1. The molecule has 1 amide bonds. The summed E-state index contributed by atoms with van der Waals surface area (Å²) in [5.41, 5.74) is 2.29. The van der Waals surface area contributed by atoms with Gasteiger partial charge in [-0.3, -0.25) is 9.59 Å². The number of nitrogens with one attached hydrogen (secondary N) is 1. The molecule has 0 radical (unpaired) electrons. The van der Waals surface area contributed by atoms with Crippen molar-refractivity contribution in [2.24, 2.45) is 0 Å². The van der Waals surface area contributed by atoms with Crippen LogP contribution in [0.3, 0.4) is 0 Å². The molecule has 9 nitrogen and oxygen atoms in total. The zero-order valence-electron chi connectivity index (χ0n) is 23.0. The summed E-state index contributed by atoms with van der Waals surface area (Å²) in [5, 5.41) is 5.09. The van der Waals surface area contributed by atoms with E-state index in [0.717, 1.165) is 16.3 Å². The number of amides is 1. The van der Waals surface area contributed by atoms with Gasteiger partial charge in [0.2, 0.25) is 5.75 Å². The Balaban J connectivity index is 1.36. The monoisotopic (exact) mass is 539 g/mol. The summed E-state index contributed by atoms with van der Waals surface area (Å²) in [6.45, 7) is 4.20. The average Bonchev–Trinajstić information content (AvgIpc) is 2.98. The molecule has 0 unspecified atom stereocenters. The van der Waals surface area contributed by atoms with Crippen LogP contribution in [0.25, 0.3) is 10.8 Å². The van der Waals surface area contributed by atoms with E-state index < -0.39 is 0 Å². The zero-order chi connectivity index (χ0) is 28.1. The minimum atomic E-state index is -0.338. The molecule has 4 aromatic rings. The number of aromatic nitrogens is 2. The number of fused-ring (bicyclic) bond motifs is 1. The molecule has 0 aliphatic carbocycles. The lowest BCUT2D eigenvalue weighted by Crippen LogP contribution is -2.37. The molecule has 1 saturated heterocycles. The van der Waals surface area contributed by atoms with E-state index in [1.807, 2.05) is 85.7 Å². The fourth-order valence-corrected chi connectivity index (χ4v) is 4.54. The number of benzene rings is 3. The number of ether oxygens (including phenoxy) is 2. The number of rotatable bonds is 8. The Kier molecular flexibility index (Phi) is 8.21. The van der Waals surface area contributed by atoms with E-state index in [-0.39, 0.29) is 18.3 Å². The van der Waals surface area contributed by atoms with Gasteiger partial charge in [0.05, 0.1) is 13.2 Å². The highest BCUT2D eigenvalue weighted by Gasteiger charge is 2.25. The lowest BCUT2D eigenvalue weighted by molar-refractivity contribution is -0.134. The van der Waals surface area contributed by atoms with Gasteiger partial charge in [0.1, 0.15) is 5.82 Å². The normalized spacial score (nSPS) is 13.2. The Hall–Kier alpha value is -4.50. The molecule has 9 heteroatoms. The predicted octanol–water partition coefficient (Wildman–Crippen LogP) is 4.69. The van der Waals surface area contributed by atoms with Crippen LogP contribution in [0.4, 0.5) is 17.3 Å². The molecule has 1 fully saturated rings. The second-order valence-electron chi connectivity index (χ2n) is 9.83. The van der Waals surface area contributed by atoms with Crippen molar-refractivity contribution in [1.29, 1.82) is 0 Å².